The summed E-state index contributed by atoms with van der Waals surface area (Å²) < 4.78 is 66.4. The van der Waals surface area contributed by atoms with E-state index in [1.807, 2.05) is 0 Å². The van der Waals surface area contributed by atoms with Gasteiger partial charge in [0.1, 0.15) is 11.7 Å². The van der Waals surface area contributed by atoms with Gasteiger partial charge in [-0.15, -0.1) is 0 Å². The lowest BCUT2D eigenvalue weighted by Gasteiger charge is -2.13. The second-order valence-electron chi connectivity index (χ2n) is 5.49. The molecule has 1 amide bonds. The summed E-state index contributed by atoms with van der Waals surface area (Å²) in [5.41, 5.74) is -1.30. The van der Waals surface area contributed by atoms with E-state index in [-0.39, 0.29) is 17.1 Å². The highest BCUT2D eigenvalue weighted by atomic mass is 19.4. The zero-order chi connectivity index (χ0) is 17.7. The normalized spacial score (nSPS) is 19.2. The van der Waals surface area contributed by atoms with Crippen LogP contribution in [0.3, 0.4) is 0 Å². The van der Waals surface area contributed by atoms with E-state index in [9.17, 15) is 26.7 Å². The molecule has 2 heterocycles. The fraction of sp³-hybridized carbons (Fsp3) is 0.357. The number of hydrogen-bond acceptors (Lipinski definition) is 3. The quantitative estimate of drug-likeness (QED) is 0.869. The molecule has 0 spiro atoms. The second-order valence-corrected chi connectivity index (χ2v) is 5.49. The number of rotatable bonds is 3. The van der Waals surface area contributed by atoms with Crippen LogP contribution in [-0.2, 0) is 18.0 Å². The summed E-state index contributed by atoms with van der Waals surface area (Å²) in [5.74, 6) is -5.75. The molecule has 0 bridgehead atoms. The van der Waals surface area contributed by atoms with Gasteiger partial charge in [0, 0.05) is 31.4 Å². The maximum atomic E-state index is 13.1. The molecule has 128 valence electrons. The Morgan fingerprint density at radius 3 is 2.58 bits per heavy atom. The number of nitrogens with zero attached hydrogens (tertiary/aromatic N) is 3. The van der Waals surface area contributed by atoms with Crippen molar-refractivity contribution < 1.29 is 26.7 Å². The van der Waals surface area contributed by atoms with Crippen molar-refractivity contribution in [3.05, 3.63) is 30.1 Å². The third-order valence-corrected chi connectivity index (χ3v) is 3.59. The highest BCUT2D eigenvalue weighted by Gasteiger charge is 2.61. The third kappa shape index (κ3) is 3.08. The van der Waals surface area contributed by atoms with Gasteiger partial charge in [-0.3, -0.25) is 9.48 Å². The molecule has 3 rings (SSSR count). The number of halogens is 5. The molecular formula is C14H11F5N4O. The molecule has 0 aliphatic heterocycles. The Balaban J connectivity index is 1.94. The van der Waals surface area contributed by atoms with Gasteiger partial charge in [0.15, 0.2) is 0 Å². The monoisotopic (exact) mass is 346 g/mol. The van der Waals surface area contributed by atoms with Crippen LogP contribution in [0.2, 0.25) is 0 Å². The van der Waals surface area contributed by atoms with Crippen molar-refractivity contribution >= 4 is 11.7 Å². The molecule has 0 radical (unpaired) electrons. The molecule has 0 unspecified atom stereocenters. The summed E-state index contributed by atoms with van der Waals surface area (Å²) in [4.78, 5) is 15.2. The summed E-state index contributed by atoms with van der Waals surface area (Å²) in [7, 11) is 1.54. The smallest absolute Gasteiger partial charge is 0.310 e. The van der Waals surface area contributed by atoms with Gasteiger partial charge < -0.3 is 5.32 Å². The molecule has 2 aromatic rings. The van der Waals surface area contributed by atoms with Crippen LogP contribution in [-0.4, -0.2) is 26.6 Å². The Morgan fingerprint density at radius 1 is 1.42 bits per heavy atom. The number of alkyl halides is 5. The molecule has 1 aliphatic carbocycles. The SMILES string of the molecule is Cn1ccc(-c2cc(NC(=O)[C@@H]3CC3(F)F)ncc2C(F)(F)F)n1. The van der Waals surface area contributed by atoms with Crippen LogP contribution >= 0.6 is 0 Å². The molecule has 0 aromatic carbocycles. The van der Waals surface area contributed by atoms with Crippen LogP contribution in [0.4, 0.5) is 27.8 Å². The zero-order valence-electron chi connectivity index (χ0n) is 12.2. The molecular weight excluding hydrogens is 335 g/mol. The minimum atomic E-state index is -4.67. The van der Waals surface area contributed by atoms with Crippen molar-refractivity contribution in [2.45, 2.75) is 18.5 Å². The van der Waals surface area contributed by atoms with E-state index in [4.69, 9.17) is 0 Å². The Labute approximate surface area is 132 Å². The number of pyridine rings is 1. The Bertz CT molecular complexity index is 799. The van der Waals surface area contributed by atoms with Gasteiger partial charge in [-0.2, -0.15) is 18.3 Å². The number of carbonyl (C=O) groups is 1. The summed E-state index contributed by atoms with van der Waals surface area (Å²) in [6, 6.07) is 2.34. The first-order chi connectivity index (χ1) is 11.1. The number of anilines is 1. The number of carbonyl (C=O) groups excluding carboxylic acids is 1. The van der Waals surface area contributed by atoms with Gasteiger partial charge in [-0.1, -0.05) is 0 Å². The van der Waals surface area contributed by atoms with E-state index >= 15 is 0 Å². The molecule has 1 N–H and O–H groups in total. The van der Waals surface area contributed by atoms with Crippen LogP contribution in [0.15, 0.2) is 24.5 Å². The van der Waals surface area contributed by atoms with Crippen molar-refractivity contribution in [2.24, 2.45) is 13.0 Å². The standard InChI is InChI=1S/C14H11F5N4O/c1-23-3-2-10(22-23)7-4-11(20-6-9(7)14(17,18)19)21-12(24)8-5-13(8,15)16/h2-4,6,8H,5H2,1H3,(H,20,21,24)/t8-/m0/s1. The fourth-order valence-electron chi connectivity index (χ4n) is 2.23. The summed E-state index contributed by atoms with van der Waals surface area (Å²) in [6.45, 7) is 0. The number of aryl methyl sites for hydroxylation is 1. The first-order valence-corrected chi connectivity index (χ1v) is 6.84. The maximum absolute atomic E-state index is 13.1. The first kappa shape index (κ1) is 16.3. The topological polar surface area (TPSA) is 59.8 Å². The van der Waals surface area contributed by atoms with Gasteiger partial charge in [0.25, 0.3) is 5.92 Å². The lowest BCUT2D eigenvalue weighted by molar-refractivity contribution is -0.137. The van der Waals surface area contributed by atoms with E-state index in [2.05, 4.69) is 15.4 Å². The number of hydrogen-bond donors (Lipinski definition) is 1. The summed E-state index contributed by atoms with van der Waals surface area (Å²) >= 11 is 0. The molecule has 1 saturated carbocycles. The molecule has 0 saturated heterocycles. The van der Waals surface area contributed by atoms with E-state index in [1.165, 1.54) is 24.0 Å². The number of nitrogens with one attached hydrogen (secondary N) is 1. The van der Waals surface area contributed by atoms with Crippen molar-refractivity contribution in [3.63, 3.8) is 0 Å². The van der Waals surface area contributed by atoms with E-state index in [0.29, 0.717) is 6.20 Å². The minimum Gasteiger partial charge on any atom is -0.310 e. The van der Waals surface area contributed by atoms with Crippen LogP contribution in [0.1, 0.15) is 12.0 Å². The first-order valence-electron chi connectivity index (χ1n) is 6.84. The molecule has 1 aliphatic rings. The van der Waals surface area contributed by atoms with E-state index in [1.54, 1.807) is 0 Å². The van der Waals surface area contributed by atoms with Crippen molar-refractivity contribution in [1.82, 2.24) is 14.8 Å². The van der Waals surface area contributed by atoms with Crippen LogP contribution in [0, 0.1) is 5.92 Å². The number of amides is 1. The zero-order valence-corrected chi connectivity index (χ0v) is 12.2. The molecule has 5 nitrogen and oxygen atoms in total. The molecule has 1 fully saturated rings. The highest BCUT2D eigenvalue weighted by Crippen LogP contribution is 2.49. The molecule has 10 heteroatoms. The summed E-state index contributed by atoms with van der Waals surface area (Å²) in [6.07, 6.45) is -3.25. The van der Waals surface area contributed by atoms with Crippen LogP contribution < -0.4 is 5.32 Å². The molecule has 1 atom stereocenters. The van der Waals surface area contributed by atoms with Gasteiger partial charge in [0.2, 0.25) is 5.91 Å². The van der Waals surface area contributed by atoms with Crippen molar-refractivity contribution in [2.75, 3.05) is 5.32 Å². The van der Waals surface area contributed by atoms with Crippen molar-refractivity contribution in [3.8, 4) is 11.3 Å². The van der Waals surface area contributed by atoms with Crippen molar-refractivity contribution in [1.29, 1.82) is 0 Å². The van der Waals surface area contributed by atoms with Crippen LogP contribution in [0.5, 0.6) is 0 Å². The third-order valence-electron chi connectivity index (χ3n) is 3.59. The van der Waals surface area contributed by atoms with Gasteiger partial charge >= 0.3 is 6.18 Å². The Kier molecular flexibility index (Phi) is 3.57. The van der Waals surface area contributed by atoms with E-state index in [0.717, 1.165) is 6.07 Å². The summed E-state index contributed by atoms with van der Waals surface area (Å²) in [5, 5.41) is 6.03. The maximum Gasteiger partial charge on any atom is 0.418 e. The predicted molar refractivity (Wildman–Crippen MR) is 73.1 cm³/mol. The van der Waals surface area contributed by atoms with Gasteiger partial charge in [0.05, 0.1) is 11.3 Å². The Morgan fingerprint density at radius 2 is 2.08 bits per heavy atom. The largest absolute Gasteiger partial charge is 0.418 e. The lowest BCUT2D eigenvalue weighted by Crippen LogP contribution is -2.19. The molecule has 2 aromatic heterocycles. The number of aromatic nitrogens is 3. The van der Waals surface area contributed by atoms with Gasteiger partial charge in [-0.25, -0.2) is 13.8 Å². The van der Waals surface area contributed by atoms with Gasteiger partial charge in [-0.05, 0) is 12.1 Å². The molecule has 24 heavy (non-hydrogen) atoms. The Hall–Kier alpha value is -2.52. The van der Waals surface area contributed by atoms with E-state index < -0.39 is 35.9 Å². The minimum absolute atomic E-state index is 0.0273. The lowest BCUT2D eigenvalue weighted by atomic mass is 10.1. The second kappa shape index (κ2) is 5.25. The predicted octanol–water partition coefficient (Wildman–Crippen LogP) is 3.09. The average Bonchev–Trinajstić information content (AvgIpc) is 2.89. The highest BCUT2D eigenvalue weighted by molar-refractivity contribution is 5.95. The average molecular weight is 346 g/mol. The fourth-order valence-corrected chi connectivity index (χ4v) is 2.23. The van der Waals surface area contributed by atoms with Crippen LogP contribution in [0.25, 0.3) is 11.3 Å².